The molecule has 1 saturated heterocycles. The number of non-ortho nitro benzene ring substituents is 1. The summed E-state index contributed by atoms with van der Waals surface area (Å²) in [4.78, 5) is 11.4. The monoisotopic (exact) mass is 300 g/mol. The van der Waals surface area contributed by atoms with Crippen LogP contribution in [0, 0.1) is 21.7 Å². The zero-order chi connectivity index (χ0) is 16.0. The Morgan fingerprint density at radius 3 is 1.95 bits per heavy atom. The number of hydrogen-bond acceptors (Lipinski definition) is 4. The van der Waals surface area contributed by atoms with Gasteiger partial charge in [0.25, 0.3) is 5.69 Å². The van der Waals surface area contributed by atoms with Crippen LogP contribution in [0.2, 0.25) is 0 Å². The van der Waals surface area contributed by atoms with E-state index in [-0.39, 0.29) is 5.69 Å². The summed E-state index contributed by atoms with van der Waals surface area (Å²) in [7, 11) is 0. The largest absolute Gasteiger partial charge is 0.366 e. The van der Waals surface area contributed by atoms with Crippen molar-refractivity contribution in [1.29, 1.82) is 0 Å². The van der Waals surface area contributed by atoms with Gasteiger partial charge in [0.15, 0.2) is 11.6 Å². The Kier molecular flexibility index (Phi) is 3.65. The highest BCUT2D eigenvalue weighted by molar-refractivity contribution is 5.54. The van der Waals surface area contributed by atoms with E-state index in [4.69, 9.17) is 4.74 Å². The van der Waals surface area contributed by atoms with Crippen LogP contribution < -0.4 is 4.90 Å². The molecule has 7 heteroatoms. The van der Waals surface area contributed by atoms with Crippen LogP contribution in [0.5, 0.6) is 0 Å². The Morgan fingerprint density at radius 1 is 1.14 bits per heavy atom. The topological polar surface area (TPSA) is 55.6 Å². The van der Waals surface area contributed by atoms with Crippen LogP contribution in [0.25, 0.3) is 0 Å². The maximum atomic E-state index is 14.1. The molecular weight excluding hydrogens is 282 g/mol. The lowest BCUT2D eigenvalue weighted by molar-refractivity contribution is -0.385. The normalized spacial score (nSPS) is 20.4. The molecule has 1 fully saturated rings. The lowest BCUT2D eigenvalue weighted by Gasteiger charge is -2.48. The van der Waals surface area contributed by atoms with Gasteiger partial charge < -0.3 is 9.64 Å². The van der Waals surface area contributed by atoms with Crippen LogP contribution in [0.4, 0.5) is 20.2 Å². The SMILES string of the molecule is CC1(C)CN(c2c(F)cc([N+](=O)[O-])cc2F)CC(C)(C)O1. The van der Waals surface area contributed by atoms with Gasteiger partial charge in [0.2, 0.25) is 0 Å². The third-order valence-electron chi connectivity index (χ3n) is 3.22. The smallest absolute Gasteiger partial charge is 0.275 e. The first-order chi connectivity index (χ1) is 9.51. The molecule has 5 nitrogen and oxygen atoms in total. The average Bonchev–Trinajstić information content (AvgIpc) is 2.22. The summed E-state index contributed by atoms with van der Waals surface area (Å²) in [6, 6.07) is 1.49. The summed E-state index contributed by atoms with van der Waals surface area (Å²) in [5, 5.41) is 10.6. The van der Waals surface area contributed by atoms with E-state index >= 15 is 0 Å². The fourth-order valence-corrected chi connectivity index (χ4v) is 2.91. The molecule has 0 aromatic heterocycles. The first-order valence-electron chi connectivity index (χ1n) is 6.59. The third kappa shape index (κ3) is 3.29. The van der Waals surface area contributed by atoms with Gasteiger partial charge >= 0.3 is 0 Å². The Bertz CT molecular complexity index is 549. The number of anilines is 1. The van der Waals surface area contributed by atoms with Gasteiger partial charge in [-0.1, -0.05) is 0 Å². The second kappa shape index (κ2) is 4.91. The van der Waals surface area contributed by atoms with E-state index in [9.17, 15) is 18.9 Å². The minimum atomic E-state index is -0.935. The van der Waals surface area contributed by atoms with E-state index in [1.54, 1.807) is 0 Å². The van der Waals surface area contributed by atoms with Crippen molar-refractivity contribution >= 4 is 11.4 Å². The summed E-state index contributed by atoms with van der Waals surface area (Å²) >= 11 is 0. The first kappa shape index (κ1) is 15.6. The van der Waals surface area contributed by atoms with Crippen LogP contribution in [-0.2, 0) is 4.74 Å². The van der Waals surface area contributed by atoms with E-state index in [1.165, 1.54) is 4.90 Å². The minimum absolute atomic E-state index is 0.245. The van der Waals surface area contributed by atoms with Gasteiger partial charge in [-0.25, -0.2) is 8.78 Å². The molecule has 0 amide bonds. The highest BCUT2D eigenvalue weighted by atomic mass is 19.1. The molecule has 0 spiro atoms. The molecule has 1 aliphatic rings. The van der Waals surface area contributed by atoms with Crippen molar-refractivity contribution in [2.45, 2.75) is 38.9 Å². The van der Waals surface area contributed by atoms with Gasteiger partial charge in [0, 0.05) is 13.1 Å². The van der Waals surface area contributed by atoms with Crippen LogP contribution in [0.3, 0.4) is 0 Å². The number of halogens is 2. The molecule has 2 rings (SSSR count). The average molecular weight is 300 g/mol. The Morgan fingerprint density at radius 2 is 1.57 bits per heavy atom. The van der Waals surface area contributed by atoms with Crippen molar-refractivity contribution in [3.63, 3.8) is 0 Å². The van der Waals surface area contributed by atoms with E-state index in [0.717, 1.165) is 12.1 Å². The minimum Gasteiger partial charge on any atom is -0.366 e. The molecule has 0 bridgehead atoms. The number of nitro groups is 1. The Hall–Kier alpha value is -1.76. The molecule has 1 aromatic carbocycles. The van der Waals surface area contributed by atoms with Gasteiger partial charge in [-0.2, -0.15) is 0 Å². The number of morpholine rings is 1. The highest BCUT2D eigenvalue weighted by Gasteiger charge is 2.40. The maximum absolute atomic E-state index is 14.1. The zero-order valence-corrected chi connectivity index (χ0v) is 12.4. The molecule has 1 aliphatic heterocycles. The number of rotatable bonds is 2. The van der Waals surface area contributed by atoms with Crippen LogP contribution in [-0.4, -0.2) is 29.2 Å². The fourth-order valence-electron chi connectivity index (χ4n) is 2.91. The molecule has 0 aliphatic carbocycles. The standard InChI is InChI=1S/C14H18F2N2O3/c1-13(2)7-17(8-14(3,4)21-13)12-10(15)5-9(18(19)20)6-11(12)16/h5-6H,7-8H2,1-4H3. The highest BCUT2D eigenvalue weighted by Crippen LogP contribution is 2.35. The summed E-state index contributed by atoms with van der Waals surface area (Å²) < 4.78 is 34.1. The van der Waals surface area contributed by atoms with Gasteiger partial charge in [-0.05, 0) is 27.7 Å². The fraction of sp³-hybridized carbons (Fsp3) is 0.571. The lowest BCUT2D eigenvalue weighted by atomic mass is 9.98. The van der Waals surface area contributed by atoms with Crippen molar-refractivity contribution in [2.75, 3.05) is 18.0 Å². The molecule has 0 unspecified atom stereocenters. The van der Waals surface area contributed by atoms with E-state index in [2.05, 4.69) is 0 Å². The van der Waals surface area contributed by atoms with Gasteiger partial charge in [0.1, 0.15) is 5.69 Å². The van der Waals surface area contributed by atoms with Gasteiger partial charge in [-0.15, -0.1) is 0 Å². The van der Waals surface area contributed by atoms with Crippen LogP contribution in [0.1, 0.15) is 27.7 Å². The number of nitrogens with zero attached hydrogens (tertiary/aromatic N) is 2. The lowest BCUT2D eigenvalue weighted by Crippen LogP contribution is -2.57. The maximum Gasteiger partial charge on any atom is 0.275 e. The third-order valence-corrected chi connectivity index (χ3v) is 3.22. The number of ether oxygens (including phenoxy) is 1. The van der Waals surface area contributed by atoms with Gasteiger partial charge in [-0.3, -0.25) is 10.1 Å². The molecule has 1 heterocycles. The molecule has 0 atom stereocenters. The predicted octanol–water partition coefficient (Wildman–Crippen LogP) is 3.27. The summed E-state index contributed by atoms with van der Waals surface area (Å²) in [5.74, 6) is -1.87. The molecule has 0 radical (unpaired) electrons. The zero-order valence-electron chi connectivity index (χ0n) is 12.4. The van der Waals surface area contributed by atoms with Crippen LogP contribution in [0.15, 0.2) is 12.1 Å². The molecule has 0 saturated carbocycles. The van der Waals surface area contributed by atoms with Crippen molar-refractivity contribution in [3.05, 3.63) is 33.9 Å². The van der Waals surface area contributed by atoms with Crippen molar-refractivity contribution in [3.8, 4) is 0 Å². The van der Waals surface area contributed by atoms with E-state index in [1.807, 2.05) is 27.7 Å². The van der Waals surface area contributed by atoms with E-state index in [0.29, 0.717) is 13.1 Å². The second-order valence-electron chi connectivity index (χ2n) is 6.49. The number of hydrogen-bond donors (Lipinski definition) is 0. The molecule has 0 N–H and O–H groups in total. The summed E-state index contributed by atoms with van der Waals surface area (Å²) in [5.41, 5.74) is -2.00. The van der Waals surface area contributed by atoms with Gasteiger partial charge in [0.05, 0.1) is 28.3 Å². The second-order valence-corrected chi connectivity index (χ2v) is 6.49. The Balaban J connectivity index is 2.44. The molecule has 21 heavy (non-hydrogen) atoms. The quantitative estimate of drug-likeness (QED) is 0.621. The number of benzene rings is 1. The predicted molar refractivity (Wildman–Crippen MR) is 74.5 cm³/mol. The number of nitro benzene ring substituents is 1. The molecule has 1 aromatic rings. The van der Waals surface area contributed by atoms with Crippen molar-refractivity contribution in [1.82, 2.24) is 0 Å². The van der Waals surface area contributed by atoms with Crippen LogP contribution >= 0.6 is 0 Å². The van der Waals surface area contributed by atoms with Crippen molar-refractivity contribution < 1.29 is 18.4 Å². The molecular formula is C14H18F2N2O3. The molecule has 116 valence electrons. The summed E-state index contributed by atoms with van der Waals surface area (Å²) in [6.07, 6.45) is 0. The van der Waals surface area contributed by atoms with E-state index < -0.39 is 33.4 Å². The summed E-state index contributed by atoms with van der Waals surface area (Å²) in [6.45, 7) is 7.93. The van der Waals surface area contributed by atoms with Crippen molar-refractivity contribution in [2.24, 2.45) is 0 Å². The Labute approximate surface area is 121 Å². The first-order valence-corrected chi connectivity index (χ1v) is 6.59.